The topological polar surface area (TPSA) is 57.6 Å². The molecule has 1 N–H and O–H groups in total. The summed E-state index contributed by atoms with van der Waals surface area (Å²) < 4.78 is 0. The number of rotatable bonds is 4. The van der Waals surface area contributed by atoms with Crippen LogP contribution in [0.3, 0.4) is 0 Å². The first-order valence-electron chi connectivity index (χ1n) is 6.06. The number of aliphatic carboxylic acids is 1. The lowest BCUT2D eigenvalue weighted by Gasteiger charge is -2.37. The molecule has 0 aliphatic carbocycles. The van der Waals surface area contributed by atoms with Crippen LogP contribution in [0.5, 0.6) is 0 Å². The first-order valence-corrected chi connectivity index (χ1v) is 6.06. The minimum absolute atomic E-state index is 0.00384. The second-order valence-electron chi connectivity index (χ2n) is 4.69. The lowest BCUT2D eigenvalue weighted by Crippen LogP contribution is -2.54. The number of carbonyl (C=O) groups is 2. The molecular weight excluding hydrogens is 206 g/mol. The summed E-state index contributed by atoms with van der Waals surface area (Å²) in [6, 6.07) is 0. The number of carboxylic acid groups (broad SMARTS) is 1. The van der Waals surface area contributed by atoms with Crippen LogP contribution >= 0.6 is 0 Å². The van der Waals surface area contributed by atoms with Crippen LogP contribution in [0.2, 0.25) is 0 Å². The van der Waals surface area contributed by atoms with Crippen molar-refractivity contribution in [2.75, 3.05) is 6.54 Å². The van der Waals surface area contributed by atoms with Gasteiger partial charge in [-0.25, -0.2) is 4.79 Å². The van der Waals surface area contributed by atoms with Crippen molar-refractivity contribution in [3.05, 3.63) is 0 Å². The van der Waals surface area contributed by atoms with Gasteiger partial charge < -0.3 is 10.0 Å². The van der Waals surface area contributed by atoms with Crippen molar-refractivity contribution in [2.45, 2.75) is 57.9 Å². The second-order valence-corrected chi connectivity index (χ2v) is 4.69. The molecule has 4 nitrogen and oxygen atoms in total. The third kappa shape index (κ3) is 2.54. The zero-order valence-electron chi connectivity index (χ0n) is 10.2. The maximum absolute atomic E-state index is 11.9. The smallest absolute Gasteiger partial charge is 0.329 e. The molecule has 1 aliphatic heterocycles. The Bertz CT molecular complexity index is 277. The van der Waals surface area contributed by atoms with E-state index in [9.17, 15) is 14.7 Å². The van der Waals surface area contributed by atoms with Crippen molar-refractivity contribution in [3.8, 4) is 0 Å². The molecule has 1 atom stereocenters. The highest BCUT2D eigenvalue weighted by atomic mass is 16.4. The maximum Gasteiger partial charge on any atom is 0.329 e. The van der Waals surface area contributed by atoms with Crippen molar-refractivity contribution in [2.24, 2.45) is 0 Å². The highest BCUT2D eigenvalue weighted by Crippen LogP contribution is 2.26. The SMILES string of the molecule is CCCC(C)(C(=O)O)N1CCCCCC1=O. The van der Waals surface area contributed by atoms with E-state index in [0.29, 0.717) is 19.4 Å². The number of hydrogen-bond acceptors (Lipinski definition) is 2. The molecule has 1 heterocycles. The molecule has 92 valence electrons. The van der Waals surface area contributed by atoms with E-state index in [1.54, 1.807) is 11.8 Å². The standard InChI is InChI=1S/C12H21NO3/c1-3-8-12(2,11(15)16)13-9-6-4-5-7-10(13)14/h3-9H2,1-2H3,(H,15,16). The van der Waals surface area contributed by atoms with Crippen molar-refractivity contribution < 1.29 is 14.7 Å². The zero-order chi connectivity index (χ0) is 12.2. The Morgan fingerprint density at radius 2 is 2.12 bits per heavy atom. The van der Waals surface area contributed by atoms with Gasteiger partial charge in [0.15, 0.2) is 0 Å². The van der Waals surface area contributed by atoms with E-state index in [1.807, 2.05) is 6.92 Å². The Kier molecular flexibility index (Phi) is 4.33. The Morgan fingerprint density at radius 3 is 2.69 bits per heavy atom. The number of nitrogens with zero attached hydrogens (tertiary/aromatic N) is 1. The summed E-state index contributed by atoms with van der Waals surface area (Å²) in [5, 5.41) is 9.33. The zero-order valence-corrected chi connectivity index (χ0v) is 10.2. The molecule has 1 aliphatic rings. The molecule has 0 spiro atoms. The van der Waals surface area contributed by atoms with Crippen molar-refractivity contribution in [3.63, 3.8) is 0 Å². The second kappa shape index (κ2) is 5.32. The summed E-state index contributed by atoms with van der Waals surface area (Å²) in [6.07, 6.45) is 4.60. The van der Waals surface area contributed by atoms with Crippen molar-refractivity contribution >= 4 is 11.9 Å². The van der Waals surface area contributed by atoms with Crippen LogP contribution in [0, 0.1) is 0 Å². The van der Waals surface area contributed by atoms with E-state index in [1.165, 1.54) is 0 Å². The molecule has 0 aromatic rings. The highest BCUT2D eigenvalue weighted by Gasteiger charge is 2.41. The summed E-state index contributed by atoms with van der Waals surface area (Å²) in [7, 11) is 0. The van der Waals surface area contributed by atoms with Crippen LogP contribution in [0.1, 0.15) is 52.4 Å². The molecule has 1 unspecified atom stereocenters. The van der Waals surface area contributed by atoms with Crippen molar-refractivity contribution in [1.29, 1.82) is 0 Å². The molecule has 1 fully saturated rings. The van der Waals surface area contributed by atoms with E-state index < -0.39 is 11.5 Å². The van der Waals surface area contributed by atoms with E-state index in [2.05, 4.69) is 0 Å². The third-order valence-corrected chi connectivity index (χ3v) is 3.37. The molecule has 16 heavy (non-hydrogen) atoms. The monoisotopic (exact) mass is 227 g/mol. The quantitative estimate of drug-likeness (QED) is 0.799. The van der Waals surface area contributed by atoms with E-state index in [0.717, 1.165) is 25.7 Å². The molecule has 0 bridgehead atoms. The summed E-state index contributed by atoms with van der Waals surface area (Å²) in [4.78, 5) is 24.9. The molecular formula is C12H21NO3. The minimum Gasteiger partial charge on any atom is -0.480 e. The fourth-order valence-electron chi connectivity index (χ4n) is 2.35. The molecule has 0 radical (unpaired) electrons. The van der Waals surface area contributed by atoms with Gasteiger partial charge in [-0.3, -0.25) is 4.79 Å². The summed E-state index contributed by atoms with van der Waals surface area (Å²) in [5.74, 6) is -0.888. The fourth-order valence-corrected chi connectivity index (χ4v) is 2.35. The molecule has 1 saturated heterocycles. The molecule has 0 saturated carbocycles. The summed E-state index contributed by atoms with van der Waals surface area (Å²) in [6.45, 7) is 4.20. The van der Waals surface area contributed by atoms with Crippen LogP contribution < -0.4 is 0 Å². The molecule has 0 aromatic heterocycles. The van der Waals surface area contributed by atoms with Crippen LogP contribution in [0.15, 0.2) is 0 Å². The van der Waals surface area contributed by atoms with E-state index in [-0.39, 0.29) is 5.91 Å². The average Bonchev–Trinajstić information content (AvgIpc) is 2.43. The first-order chi connectivity index (χ1) is 7.52. The lowest BCUT2D eigenvalue weighted by atomic mass is 9.93. The Hall–Kier alpha value is -1.06. The van der Waals surface area contributed by atoms with Crippen LogP contribution in [-0.2, 0) is 9.59 Å². The molecule has 1 rings (SSSR count). The predicted molar refractivity (Wildman–Crippen MR) is 61.1 cm³/mol. The Balaban J connectivity index is 2.90. The van der Waals surface area contributed by atoms with Gasteiger partial charge >= 0.3 is 5.97 Å². The van der Waals surface area contributed by atoms with Gasteiger partial charge in [0, 0.05) is 13.0 Å². The number of carboxylic acids is 1. The summed E-state index contributed by atoms with van der Waals surface area (Å²) >= 11 is 0. The maximum atomic E-state index is 11.9. The predicted octanol–water partition coefficient (Wildman–Crippen LogP) is 2.03. The van der Waals surface area contributed by atoms with Gasteiger partial charge in [0.2, 0.25) is 5.91 Å². The Labute approximate surface area is 96.6 Å². The van der Waals surface area contributed by atoms with E-state index in [4.69, 9.17) is 0 Å². The third-order valence-electron chi connectivity index (χ3n) is 3.37. The normalized spacial score (nSPS) is 21.4. The number of amides is 1. The van der Waals surface area contributed by atoms with E-state index >= 15 is 0 Å². The van der Waals surface area contributed by atoms with Gasteiger partial charge in [0.1, 0.15) is 5.54 Å². The number of likely N-dealkylation sites (tertiary alicyclic amines) is 1. The van der Waals surface area contributed by atoms with Gasteiger partial charge in [-0.15, -0.1) is 0 Å². The molecule has 1 amide bonds. The number of hydrogen-bond donors (Lipinski definition) is 1. The highest BCUT2D eigenvalue weighted by molar-refractivity contribution is 5.86. The number of carbonyl (C=O) groups excluding carboxylic acids is 1. The van der Waals surface area contributed by atoms with Gasteiger partial charge in [0.25, 0.3) is 0 Å². The van der Waals surface area contributed by atoms with Crippen LogP contribution in [0.4, 0.5) is 0 Å². The first kappa shape index (κ1) is 13.0. The minimum atomic E-state index is -1.02. The summed E-state index contributed by atoms with van der Waals surface area (Å²) in [5.41, 5.74) is -1.02. The van der Waals surface area contributed by atoms with Gasteiger partial charge in [-0.05, 0) is 26.2 Å². The van der Waals surface area contributed by atoms with Crippen LogP contribution in [-0.4, -0.2) is 34.0 Å². The van der Waals surface area contributed by atoms with Gasteiger partial charge in [-0.1, -0.05) is 19.8 Å². The van der Waals surface area contributed by atoms with Gasteiger partial charge in [-0.2, -0.15) is 0 Å². The van der Waals surface area contributed by atoms with Crippen LogP contribution in [0.25, 0.3) is 0 Å². The average molecular weight is 227 g/mol. The molecule has 4 heteroatoms. The largest absolute Gasteiger partial charge is 0.480 e. The van der Waals surface area contributed by atoms with Gasteiger partial charge in [0.05, 0.1) is 0 Å². The Morgan fingerprint density at radius 1 is 1.44 bits per heavy atom. The fraction of sp³-hybridized carbons (Fsp3) is 0.833. The van der Waals surface area contributed by atoms with Crippen molar-refractivity contribution in [1.82, 2.24) is 4.90 Å². The molecule has 0 aromatic carbocycles. The lowest BCUT2D eigenvalue weighted by molar-refractivity contribution is -0.158.